The zero-order valence-electron chi connectivity index (χ0n) is 21.7. The van der Waals surface area contributed by atoms with Gasteiger partial charge in [-0.25, -0.2) is 4.79 Å². The Balaban J connectivity index is 1.66. The molecule has 2 amide bonds. The second-order valence-electron chi connectivity index (χ2n) is 11.2. The van der Waals surface area contributed by atoms with E-state index in [0.29, 0.717) is 18.1 Å². The number of hydrogen-bond acceptors (Lipinski definition) is 8. The average molecular weight is 481 g/mol. The quantitative estimate of drug-likeness (QED) is 0.396. The van der Waals surface area contributed by atoms with Crippen molar-refractivity contribution < 1.29 is 28.7 Å². The van der Waals surface area contributed by atoms with Crippen LogP contribution in [0.5, 0.6) is 0 Å². The summed E-state index contributed by atoms with van der Waals surface area (Å²) in [7, 11) is 0. The minimum absolute atomic E-state index is 0.0528. The second kappa shape index (κ2) is 11.4. The molecule has 0 aliphatic carbocycles. The lowest BCUT2D eigenvalue weighted by molar-refractivity contribution is -0.198. The molecular weight excluding hydrogens is 440 g/mol. The zero-order valence-corrected chi connectivity index (χ0v) is 21.7. The van der Waals surface area contributed by atoms with Crippen molar-refractivity contribution in [1.82, 2.24) is 20.1 Å². The normalized spacial score (nSPS) is 15.3. The molecule has 2 rings (SSSR count). The van der Waals surface area contributed by atoms with Gasteiger partial charge in [0.15, 0.2) is 0 Å². The van der Waals surface area contributed by atoms with E-state index in [1.807, 2.05) is 24.7 Å². The number of carbonyl (C=O) groups excluding carboxylic acids is 3. The van der Waals surface area contributed by atoms with Crippen molar-refractivity contribution >= 4 is 17.8 Å². The summed E-state index contributed by atoms with van der Waals surface area (Å²) in [6, 6.07) is 0. The molecule has 0 bridgehead atoms. The largest absolute Gasteiger partial charge is 0.375 e. The lowest BCUT2D eigenvalue weighted by Gasteiger charge is -2.29. The van der Waals surface area contributed by atoms with Crippen LogP contribution >= 0.6 is 0 Å². The molecule has 1 aliphatic heterocycles. The summed E-state index contributed by atoms with van der Waals surface area (Å²) >= 11 is 0. The highest BCUT2D eigenvalue weighted by molar-refractivity contribution is 6.01. The lowest BCUT2D eigenvalue weighted by atomic mass is 9.97. The monoisotopic (exact) mass is 480 g/mol. The highest BCUT2D eigenvalue weighted by atomic mass is 16.7. The molecule has 0 N–H and O–H groups in total. The Labute approximate surface area is 202 Å². The van der Waals surface area contributed by atoms with Gasteiger partial charge in [-0.15, -0.1) is 10.2 Å². The molecule has 1 aromatic rings. The molecule has 1 aliphatic rings. The van der Waals surface area contributed by atoms with Gasteiger partial charge < -0.3 is 14.3 Å². The molecule has 0 saturated carbocycles. The first-order chi connectivity index (χ1) is 15.7. The van der Waals surface area contributed by atoms with Crippen LogP contribution in [0.4, 0.5) is 0 Å². The standard InChI is InChI=1S/C24H40N4O6/c1-22(2,3)17-27-16-18(25-26-27)10-12-23(4,5)33-15-13-24(6,7)32-14-11-21(31)34-28-19(29)8-9-20(28)30/h16H,8-15,17H2,1-7H3. The van der Waals surface area contributed by atoms with Gasteiger partial charge in [-0.05, 0) is 52.4 Å². The molecule has 0 unspecified atom stereocenters. The van der Waals surface area contributed by atoms with Gasteiger partial charge in [-0.3, -0.25) is 14.3 Å². The Bertz CT molecular complexity index is 840. The number of imide groups is 1. The Morgan fingerprint density at radius 2 is 1.53 bits per heavy atom. The fourth-order valence-electron chi connectivity index (χ4n) is 3.38. The molecule has 0 aromatic carbocycles. The fourth-order valence-corrected chi connectivity index (χ4v) is 3.38. The number of hydroxylamine groups is 2. The second-order valence-corrected chi connectivity index (χ2v) is 11.2. The van der Waals surface area contributed by atoms with E-state index in [0.717, 1.165) is 25.1 Å². The Morgan fingerprint density at radius 3 is 2.15 bits per heavy atom. The molecule has 0 radical (unpaired) electrons. The van der Waals surface area contributed by atoms with Crippen molar-refractivity contribution in [3.05, 3.63) is 11.9 Å². The number of aryl methyl sites for hydroxylation is 1. The molecule has 1 saturated heterocycles. The van der Waals surface area contributed by atoms with Crippen LogP contribution in [0, 0.1) is 5.41 Å². The Kier molecular flexibility index (Phi) is 9.36. The van der Waals surface area contributed by atoms with E-state index in [4.69, 9.17) is 14.3 Å². The zero-order chi connectivity index (χ0) is 25.6. The predicted molar refractivity (Wildman–Crippen MR) is 124 cm³/mol. The summed E-state index contributed by atoms with van der Waals surface area (Å²) in [6.07, 6.45) is 4.31. The summed E-state index contributed by atoms with van der Waals surface area (Å²) in [6.45, 7) is 15.9. The minimum atomic E-state index is -0.670. The highest BCUT2D eigenvalue weighted by Crippen LogP contribution is 2.22. The van der Waals surface area contributed by atoms with E-state index in [1.54, 1.807) is 0 Å². The number of nitrogens with zero attached hydrogens (tertiary/aromatic N) is 4. The van der Waals surface area contributed by atoms with E-state index >= 15 is 0 Å². The predicted octanol–water partition coefficient (Wildman–Crippen LogP) is 3.23. The molecule has 2 heterocycles. The summed E-state index contributed by atoms with van der Waals surface area (Å²) in [4.78, 5) is 39.8. The maximum Gasteiger partial charge on any atom is 0.335 e. The molecular formula is C24H40N4O6. The van der Waals surface area contributed by atoms with Crippen molar-refractivity contribution in [3.8, 4) is 0 Å². The van der Waals surface area contributed by atoms with Gasteiger partial charge in [0.2, 0.25) is 0 Å². The van der Waals surface area contributed by atoms with Gasteiger partial charge in [0.1, 0.15) is 0 Å². The number of amides is 2. The van der Waals surface area contributed by atoms with Crippen molar-refractivity contribution in [1.29, 1.82) is 0 Å². The van der Waals surface area contributed by atoms with E-state index in [2.05, 4.69) is 44.9 Å². The molecule has 10 nitrogen and oxygen atoms in total. The molecule has 10 heteroatoms. The van der Waals surface area contributed by atoms with Gasteiger partial charge >= 0.3 is 5.97 Å². The fraction of sp³-hybridized carbons (Fsp3) is 0.792. The summed E-state index contributed by atoms with van der Waals surface area (Å²) < 4.78 is 13.8. The van der Waals surface area contributed by atoms with Crippen LogP contribution in [0.2, 0.25) is 0 Å². The van der Waals surface area contributed by atoms with Crippen LogP contribution in [0.3, 0.4) is 0 Å². The van der Waals surface area contributed by atoms with Crippen LogP contribution in [-0.4, -0.2) is 62.3 Å². The Morgan fingerprint density at radius 1 is 0.941 bits per heavy atom. The number of rotatable bonds is 13. The van der Waals surface area contributed by atoms with E-state index in [-0.39, 0.29) is 36.9 Å². The van der Waals surface area contributed by atoms with E-state index in [9.17, 15) is 14.4 Å². The molecule has 1 fully saturated rings. The van der Waals surface area contributed by atoms with Crippen LogP contribution in [-0.2, 0) is 41.7 Å². The number of hydrogen-bond donors (Lipinski definition) is 0. The smallest absolute Gasteiger partial charge is 0.335 e. The number of aromatic nitrogens is 3. The number of ether oxygens (including phenoxy) is 2. The van der Waals surface area contributed by atoms with Crippen LogP contribution < -0.4 is 0 Å². The maximum atomic E-state index is 11.9. The van der Waals surface area contributed by atoms with Crippen LogP contribution in [0.25, 0.3) is 0 Å². The lowest BCUT2D eigenvalue weighted by Crippen LogP contribution is -2.34. The Hall–Kier alpha value is -2.33. The van der Waals surface area contributed by atoms with Crippen LogP contribution in [0.1, 0.15) is 86.3 Å². The summed E-state index contributed by atoms with van der Waals surface area (Å²) in [5, 5.41) is 9.03. The third-order valence-electron chi connectivity index (χ3n) is 5.40. The van der Waals surface area contributed by atoms with Gasteiger partial charge in [-0.1, -0.05) is 26.0 Å². The van der Waals surface area contributed by atoms with E-state index in [1.165, 1.54) is 0 Å². The molecule has 192 valence electrons. The third-order valence-corrected chi connectivity index (χ3v) is 5.40. The average Bonchev–Trinajstić information content (AvgIpc) is 3.26. The molecule has 0 spiro atoms. The van der Waals surface area contributed by atoms with Gasteiger partial charge in [-0.2, -0.15) is 0 Å². The minimum Gasteiger partial charge on any atom is -0.375 e. The number of carbonyl (C=O) groups is 3. The third kappa shape index (κ3) is 9.89. The topological polar surface area (TPSA) is 113 Å². The first-order valence-electron chi connectivity index (χ1n) is 11.9. The van der Waals surface area contributed by atoms with Gasteiger partial charge in [0, 0.05) is 25.6 Å². The van der Waals surface area contributed by atoms with Crippen molar-refractivity contribution in [2.75, 3.05) is 13.2 Å². The van der Waals surface area contributed by atoms with Crippen LogP contribution in [0.15, 0.2) is 6.20 Å². The highest BCUT2D eigenvalue weighted by Gasteiger charge is 2.33. The van der Waals surface area contributed by atoms with Gasteiger partial charge in [0.05, 0.1) is 36.5 Å². The van der Waals surface area contributed by atoms with Crippen molar-refractivity contribution in [2.45, 2.75) is 105 Å². The maximum absolute atomic E-state index is 11.9. The molecule has 1 aromatic heterocycles. The summed E-state index contributed by atoms with van der Waals surface area (Å²) in [5.41, 5.74) is 0.260. The first kappa shape index (κ1) is 27.9. The van der Waals surface area contributed by atoms with E-state index < -0.39 is 23.4 Å². The molecule has 0 atom stereocenters. The SMILES string of the molecule is CC(C)(C)Cn1cc(CCC(C)(C)OCCC(C)(C)OCCC(=O)ON2C(=O)CCC2=O)nn1. The van der Waals surface area contributed by atoms with Gasteiger partial charge in [0.25, 0.3) is 11.8 Å². The van der Waals surface area contributed by atoms with Crippen molar-refractivity contribution in [3.63, 3.8) is 0 Å². The summed E-state index contributed by atoms with van der Waals surface area (Å²) in [5.74, 6) is -1.65. The first-order valence-corrected chi connectivity index (χ1v) is 11.9. The molecule has 34 heavy (non-hydrogen) atoms. The van der Waals surface area contributed by atoms with Crippen molar-refractivity contribution in [2.24, 2.45) is 5.41 Å².